The Hall–Kier alpha value is -1.76. The lowest BCUT2D eigenvalue weighted by Crippen LogP contribution is -2.49. The van der Waals surface area contributed by atoms with Gasteiger partial charge < -0.3 is 15.3 Å². The number of β-amino-alcohol motifs (C(OH)–C–C–N with tert-alkyl or cyclic N) is 1. The average molecular weight is 385 g/mol. The summed E-state index contributed by atoms with van der Waals surface area (Å²) in [5, 5.41) is 30.4. The third-order valence-corrected chi connectivity index (χ3v) is 5.77. The fourth-order valence-corrected chi connectivity index (χ4v) is 3.74. The van der Waals surface area contributed by atoms with Crippen molar-refractivity contribution >= 4 is 0 Å². The molecule has 0 bridgehead atoms. The molecule has 0 radical (unpaired) electrons. The molecule has 1 heterocycles. The summed E-state index contributed by atoms with van der Waals surface area (Å²) >= 11 is 0. The third kappa shape index (κ3) is 5.63. The van der Waals surface area contributed by atoms with E-state index in [1.165, 1.54) is 5.56 Å². The van der Waals surface area contributed by atoms with Gasteiger partial charge in [-0.15, -0.1) is 0 Å². The molecule has 1 aliphatic heterocycles. The molecular weight excluding hydrogens is 352 g/mol. The molecule has 28 heavy (non-hydrogen) atoms. The molecule has 5 heteroatoms. The summed E-state index contributed by atoms with van der Waals surface area (Å²) in [6, 6.07) is 17.8. The minimum Gasteiger partial charge on any atom is -0.392 e. The second-order valence-corrected chi connectivity index (χ2v) is 7.83. The van der Waals surface area contributed by atoms with Crippen LogP contribution in [-0.4, -0.2) is 63.9 Å². The lowest BCUT2D eigenvalue weighted by atomic mass is 9.91. The maximum Gasteiger partial charge on any atom is 0.0840 e. The Morgan fingerprint density at radius 1 is 0.821 bits per heavy atom. The van der Waals surface area contributed by atoms with E-state index < -0.39 is 12.2 Å². The van der Waals surface area contributed by atoms with E-state index in [1.807, 2.05) is 37.3 Å². The first-order chi connectivity index (χ1) is 13.6. The number of piperazine rings is 1. The van der Waals surface area contributed by atoms with Gasteiger partial charge in [0.2, 0.25) is 0 Å². The highest BCUT2D eigenvalue weighted by molar-refractivity contribution is 5.24. The number of hydrogen-bond acceptors (Lipinski definition) is 5. The molecule has 3 atom stereocenters. The van der Waals surface area contributed by atoms with E-state index in [1.54, 1.807) is 0 Å². The predicted molar refractivity (Wildman–Crippen MR) is 111 cm³/mol. The average Bonchev–Trinajstić information content (AvgIpc) is 2.75. The van der Waals surface area contributed by atoms with Gasteiger partial charge in [-0.05, 0) is 16.7 Å². The van der Waals surface area contributed by atoms with E-state index in [0.717, 1.165) is 43.9 Å². The zero-order chi connectivity index (χ0) is 19.9. The number of nitrogens with zero attached hydrogens (tertiary/aromatic N) is 2. The Morgan fingerprint density at radius 2 is 1.43 bits per heavy atom. The van der Waals surface area contributed by atoms with Crippen LogP contribution in [0, 0.1) is 5.92 Å². The van der Waals surface area contributed by atoms with Crippen LogP contribution in [0.5, 0.6) is 0 Å². The van der Waals surface area contributed by atoms with Crippen molar-refractivity contribution < 1.29 is 15.3 Å². The summed E-state index contributed by atoms with van der Waals surface area (Å²) in [7, 11) is 0. The number of aliphatic hydroxyl groups is 3. The van der Waals surface area contributed by atoms with Crippen molar-refractivity contribution in [1.29, 1.82) is 0 Å². The Balaban J connectivity index is 1.45. The molecule has 0 saturated carbocycles. The molecule has 1 aliphatic rings. The van der Waals surface area contributed by atoms with E-state index in [9.17, 15) is 10.2 Å². The Kier molecular flexibility index (Phi) is 7.59. The largest absolute Gasteiger partial charge is 0.392 e. The highest BCUT2D eigenvalue weighted by Crippen LogP contribution is 2.25. The van der Waals surface area contributed by atoms with Crippen LogP contribution >= 0.6 is 0 Å². The van der Waals surface area contributed by atoms with Crippen LogP contribution in [0.4, 0.5) is 0 Å². The summed E-state index contributed by atoms with van der Waals surface area (Å²) in [6.45, 7) is 7.26. The number of benzene rings is 2. The fraction of sp³-hybridized carbons (Fsp3) is 0.478. The minimum atomic E-state index is -0.720. The van der Waals surface area contributed by atoms with Gasteiger partial charge in [0, 0.05) is 45.2 Å². The summed E-state index contributed by atoms with van der Waals surface area (Å²) in [5.74, 6) is -0.262. The monoisotopic (exact) mass is 384 g/mol. The number of aliphatic hydroxyl groups excluding tert-OH is 3. The molecule has 0 unspecified atom stereocenters. The zero-order valence-corrected chi connectivity index (χ0v) is 16.6. The van der Waals surface area contributed by atoms with Crippen molar-refractivity contribution in [2.75, 3.05) is 32.7 Å². The normalized spacial score (nSPS) is 19.3. The van der Waals surface area contributed by atoms with Crippen LogP contribution in [0.1, 0.15) is 29.7 Å². The number of rotatable bonds is 8. The standard InChI is InChI=1S/C23H32N2O3/c1-18(23(28)21-9-7-20(17-26)8-10-21)22(27)16-25-13-11-24(12-14-25)15-19-5-3-2-4-6-19/h2-10,18,22-23,26-28H,11-17H2,1H3/t18-,22+,23+/m0/s1. The second-order valence-electron chi connectivity index (χ2n) is 7.83. The Morgan fingerprint density at radius 3 is 2.04 bits per heavy atom. The quantitative estimate of drug-likeness (QED) is 0.650. The van der Waals surface area contributed by atoms with E-state index in [4.69, 9.17) is 5.11 Å². The van der Waals surface area contributed by atoms with Crippen LogP contribution in [0.15, 0.2) is 54.6 Å². The summed E-state index contributed by atoms with van der Waals surface area (Å²) < 4.78 is 0. The SMILES string of the molecule is C[C@@H]([C@H](O)CN1CCN(Cc2ccccc2)CC1)[C@@H](O)c1ccc(CO)cc1. The van der Waals surface area contributed by atoms with E-state index >= 15 is 0 Å². The van der Waals surface area contributed by atoms with Crippen molar-refractivity contribution in [2.24, 2.45) is 5.92 Å². The first-order valence-electron chi connectivity index (χ1n) is 10.1. The molecule has 0 aromatic heterocycles. The van der Waals surface area contributed by atoms with Crippen molar-refractivity contribution in [1.82, 2.24) is 9.80 Å². The summed E-state index contributed by atoms with van der Waals surface area (Å²) in [4.78, 5) is 4.73. The molecule has 0 aliphatic carbocycles. The molecule has 2 aromatic rings. The molecule has 0 spiro atoms. The zero-order valence-electron chi connectivity index (χ0n) is 16.6. The van der Waals surface area contributed by atoms with Crippen molar-refractivity contribution in [3.05, 3.63) is 71.3 Å². The lowest BCUT2D eigenvalue weighted by molar-refractivity contribution is -0.00707. The first-order valence-corrected chi connectivity index (χ1v) is 10.1. The van der Waals surface area contributed by atoms with Crippen LogP contribution in [0.3, 0.4) is 0 Å². The van der Waals surface area contributed by atoms with Crippen LogP contribution in [-0.2, 0) is 13.2 Å². The smallest absolute Gasteiger partial charge is 0.0840 e. The van der Waals surface area contributed by atoms with Crippen LogP contribution in [0.2, 0.25) is 0 Å². The fourth-order valence-electron chi connectivity index (χ4n) is 3.74. The molecule has 2 aromatic carbocycles. The predicted octanol–water partition coefficient (Wildman–Crippen LogP) is 2.03. The van der Waals surface area contributed by atoms with Gasteiger partial charge in [0.05, 0.1) is 18.8 Å². The van der Waals surface area contributed by atoms with Gasteiger partial charge in [-0.1, -0.05) is 61.5 Å². The van der Waals surface area contributed by atoms with E-state index in [-0.39, 0.29) is 12.5 Å². The maximum atomic E-state index is 10.6. The second kappa shape index (κ2) is 10.1. The molecule has 152 valence electrons. The van der Waals surface area contributed by atoms with Gasteiger partial charge in [0.25, 0.3) is 0 Å². The molecular formula is C23H32N2O3. The molecule has 1 saturated heterocycles. The Labute approximate surface area is 167 Å². The van der Waals surface area contributed by atoms with Crippen LogP contribution < -0.4 is 0 Å². The van der Waals surface area contributed by atoms with Crippen molar-refractivity contribution in [3.8, 4) is 0 Å². The molecule has 3 rings (SSSR count). The van der Waals surface area contributed by atoms with Gasteiger partial charge in [0.1, 0.15) is 0 Å². The molecule has 3 N–H and O–H groups in total. The topological polar surface area (TPSA) is 67.2 Å². The molecule has 5 nitrogen and oxygen atoms in total. The number of hydrogen-bond donors (Lipinski definition) is 3. The van der Waals surface area contributed by atoms with Gasteiger partial charge in [-0.3, -0.25) is 9.80 Å². The van der Waals surface area contributed by atoms with Crippen molar-refractivity contribution in [2.45, 2.75) is 32.3 Å². The van der Waals surface area contributed by atoms with Crippen molar-refractivity contribution in [3.63, 3.8) is 0 Å². The first kappa shape index (κ1) is 21.0. The highest BCUT2D eigenvalue weighted by atomic mass is 16.3. The van der Waals surface area contributed by atoms with Gasteiger partial charge in [-0.2, -0.15) is 0 Å². The molecule has 0 amide bonds. The summed E-state index contributed by atoms with van der Waals surface area (Å²) in [6.07, 6.45) is -1.31. The van der Waals surface area contributed by atoms with Gasteiger partial charge >= 0.3 is 0 Å². The minimum absolute atomic E-state index is 0.00912. The van der Waals surface area contributed by atoms with Gasteiger partial charge in [0.15, 0.2) is 0 Å². The highest BCUT2D eigenvalue weighted by Gasteiger charge is 2.27. The lowest BCUT2D eigenvalue weighted by Gasteiger charge is -2.37. The van der Waals surface area contributed by atoms with Gasteiger partial charge in [-0.25, -0.2) is 0 Å². The summed E-state index contributed by atoms with van der Waals surface area (Å²) in [5.41, 5.74) is 2.92. The third-order valence-electron chi connectivity index (χ3n) is 5.77. The maximum absolute atomic E-state index is 10.6. The van der Waals surface area contributed by atoms with E-state index in [2.05, 4.69) is 34.1 Å². The molecule has 1 fully saturated rings. The van der Waals surface area contributed by atoms with E-state index in [0.29, 0.717) is 6.54 Å². The van der Waals surface area contributed by atoms with Crippen LogP contribution in [0.25, 0.3) is 0 Å². The Bertz CT molecular complexity index is 700.